The van der Waals surface area contributed by atoms with E-state index in [0.29, 0.717) is 0 Å². The highest BCUT2D eigenvalue weighted by Gasteiger charge is 2.16. The van der Waals surface area contributed by atoms with Gasteiger partial charge in [-0.15, -0.1) is 0 Å². The van der Waals surface area contributed by atoms with Crippen molar-refractivity contribution in [2.24, 2.45) is 0 Å². The molecule has 2 aromatic carbocycles. The van der Waals surface area contributed by atoms with E-state index < -0.39 is 0 Å². The molecule has 0 unspecified atom stereocenters. The van der Waals surface area contributed by atoms with Crippen molar-refractivity contribution in [1.29, 1.82) is 0 Å². The number of benzene rings is 2. The lowest BCUT2D eigenvalue weighted by atomic mass is 9.85. The lowest BCUT2D eigenvalue weighted by Crippen LogP contribution is -2.09. The lowest BCUT2D eigenvalue weighted by molar-refractivity contribution is 0.451. The molecular weight excluding hydrogens is 223 g/mol. The molecule has 0 saturated heterocycles. The number of hydrogen-bond acceptors (Lipinski definition) is 2. The second-order valence-electron chi connectivity index (χ2n) is 4.73. The molecule has 0 fully saturated rings. The SMILES string of the molecule is Cc1cc2c(cc1O[B]O)Cc1ccccc1C2. The fourth-order valence-corrected chi connectivity index (χ4v) is 2.62. The highest BCUT2D eigenvalue weighted by Crippen LogP contribution is 2.31. The van der Waals surface area contributed by atoms with E-state index in [9.17, 15) is 0 Å². The average Bonchev–Trinajstić information content (AvgIpc) is 2.38. The first-order valence-electron chi connectivity index (χ1n) is 6.09. The number of rotatable bonds is 2. The fraction of sp³-hybridized carbons (Fsp3) is 0.200. The van der Waals surface area contributed by atoms with Crippen molar-refractivity contribution in [1.82, 2.24) is 0 Å². The molecular formula is C15H14BO2. The zero-order valence-corrected chi connectivity index (χ0v) is 10.3. The van der Waals surface area contributed by atoms with E-state index in [4.69, 9.17) is 9.68 Å². The first-order valence-corrected chi connectivity index (χ1v) is 6.09. The van der Waals surface area contributed by atoms with E-state index in [1.807, 2.05) is 13.0 Å². The zero-order chi connectivity index (χ0) is 12.5. The molecule has 0 atom stereocenters. The van der Waals surface area contributed by atoms with Gasteiger partial charge in [0.1, 0.15) is 5.75 Å². The quantitative estimate of drug-likeness (QED) is 0.693. The van der Waals surface area contributed by atoms with Crippen LogP contribution >= 0.6 is 0 Å². The Morgan fingerprint density at radius 2 is 1.61 bits per heavy atom. The summed E-state index contributed by atoms with van der Waals surface area (Å²) in [5.74, 6) is 0.732. The summed E-state index contributed by atoms with van der Waals surface area (Å²) >= 11 is 0. The molecule has 1 aliphatic rings. The third-order valence-electron chi connectivity index (χ3n) is 3.56. The molecule has 0 bridgehead atoms. The Morgan fingerprint density at radius 3 is 2.22 bits per heavy atom. The third kappa shape index (κ3) is 1.91. The lowest BCUT2D eigenvalue weighted by Gasteiger charge is -2.21. The minimum Gasteiger partial charge on any atom is -0.537 e. The molecule has 0 aromatic heterocycles. The van der Waals surface area contributed by atoms with Crippen molar-refractivity contribution in [3.05, 3.63) is 64.2 Å². The summed E-state index contributed by atoms with van der Waals surface area (Å²) in [6.45, 7) is 2.00. The molecule has 0 aliphatic heterocycles. The van der Waals surface area contributed by atoms with Crippen LogP contribution in [0.4, 0.5) is 0 Å². The molecule has 1 N–H and O–H groups in total. The van der Waals surface area contributed by atoms with Crippen LogP contribution in [0.1, 0.15) is 27.8 Å². The number of hydrogen-bond donors (Lipinski definition) is 1. The largest absolute Gasteiger partial charge is 0.569 e. The molecule has 2 nitrogen and oxygen atoms in total. The summed E-state index contributed by atoms with van der Waals surface area (Å²) in [6, 6.07) is 12.7. The first-order chi connectivity index (χ1) is 8.78. The van der Waals surface area contributed by atoms with E-state index >= 15 is 0 Å². The predicted molar refractivity (Wildman–Crippen MR) is 71.8 cm³/mol. The van der Waals surface area contributed by atoms with Gasteiger partial charge in [-0.2, -0.15) is 0 Å². The summed E-state index contributed by atoms with van der Waals surface area (Å²) in [5.41, 5.74) is 6.49. The molecule has 1 aliphatic carbocycles. The molecule has 0 heterocycles. The van der Waals surface area contributed by atoms with Crippen LogP contribution in [0.5, 0.6) is 5.75 Å². The van der Waals surface area contributed by atoms with E-state index in [0.717, 1.165) is 31.8 Å². The van der Waals surface area contributed by atoms with Crippen LogP contribution in [0.2, 0.25) is 0 Å². The normalized spacial score (nSPS) is 12.6. The maximum absolute atomic E-state index is 8.76. The first kappa shape index (κ1) is 11.4. The molecule has 0 spiro atoms. The van der Waals surface area contributed by atoms with Gasteiger partial charge >= 0.3 is 7.69 Å². The monoisotopic (exact) mass is 237 g/mol. The summed E-state index contributed by atoms with van der Waals surface area (Å²) < 4.78 is 5.12. The average molecular weight is 237 g/mol. The van der Waals surface area contributed by atoms with Gasteiger partial charge in [-0.25, -0.2) is 0 Å². The Labute approximate surface area is 108 Å². The van der Waals surface area contributed by atoms with Crippen molar-refractivity contribution in [2.75, 3.05) is 0 Å². The van der Waals surface area contributed by atoms with Gasteiger partial charge in [-0.05, 0) is 53.6 Å². The van der Waals surface area contributed by atoms with Crippen molar-refractivity contribution in [3.63, 3.8) is 0 Å². The highest BCUT2D eigenvalue weighted by atomic mass is 16.5. The fourth-order valence-electron chi connectivity index (χ4n) is 2.62. The van der Waals surface area contributed by atoms with E-state index in [2.05, 4.69) is 30.3 Å². The standard InChI is InChI=1S/C15H14BO2/c1-10-6-13-7-11-4-2-3-5-12(11)8-14(13)9-15(10)18-16-17/h2-6,9,17H,7-8H2,1H3. The minimum atomic E-state index is 0.732. The van der Waals surface area contributed by atoms with Gasteiger partial charge < -0.3 is 9.68 Å². The summed E-state index contributed by atoms with van der Waals surface area (Å²) in [6.07, 6.45) is 1.92. The third-order valence-corrected chi connectivity index (χ3v) is 3.56. The van der Waals surface area contributed by atoms with Crippen molar-refractivity contribution < 1.29 is 9.68 Å². The topological polar surface area (TPSA) is 29.5 Å². The summed E-state index contributed by atoms with van der Waals surface area (Å²) in [4.78, 5) is 0. The van der Waals surface area contributed by atoms with Crippen LogP contribution in [-0.4, -0.2) is 12.7 Å². The Morgan fingerprint density at radius 1 is 1.00 bits per heavy atom. The zero-order valence-electron chi connectivity index (χ0n) is 10.3. The van der Waals surface area contributed by atoms with Gasteiger partial charge in [0.05, 0.1) is 0 Å². The highest BCUT2D eigenvalue weighted by molar-refractivity contribution is 6.17. The Balaban J connectivity index is 2.02. The Hall–Kier alpha value is -1.74. The van der Waals surface area contributed by atoms with Crippen molar-refractivity contribution in [3.8, 4) is 5.75 Å². The molecule has 18 heavy (non-hydrogen) atoms. The van der Waals surface area contributed by atoms with Crippen molar-refractivity contribution in [2.45, 2.75) is 19.8 Å². The summed E-state index contributed by atoms with van der Waals surface area (Å²) in [7, 11) is 0.742. The van der Waals surface area contributed by atoms with Crippen molar-refractivity contribution >= 4 is 7.69 Å². The minimum absolute atomic E-state index is 0.732. The predicted octanol–water partition coefficient (Wildman–Crippen LogP) is 2.40. The summed E-state index contributed by atoms with van der Waals surface area (Å²) in [5, 5.41) is 8.76. The van der Waals surface area contributed by atoms with Crippen LogP contribution in [0, 0.1) is 6.92 Å². The molecule has 3 rings (SSSR count). The van der Waals surface area contributed by atoms with Gasteiger partial charge in [-0.3, -0.25) is 0 Å². The second kappa shape index (κ2) is 4.50. The van der Waals surface area contributed by atoms with E-state index in [-0.39, 0.29) is 0 Å². The maximum Gasteiger partial charge on any atom is 0.569 e. The molecule has 0 amide bonds. The van der Waals surface area contributed by atoms with Crippen LogP contribution < -0.4 is 4.65 Å². The Bertz CT molecular complexity index is 593. The van der Waals surface area contributed by atoms with Gasteiger partial charge in [0.25, 0.3) is 0 Å². The molecule has 1 radical (unpaired) electrons. The van der Waals surface area contributed by atoms with Gasteiger partial charge in [-0.1, -0.05) is 30.3 Å². The van der Waals surface area contributed by atoms with Gasteiger partial charge in [0.2, 0.25) is 0 Å². The molecule has 89 valence electrons. The van der Waals surface area contributed by atoms with E-state index in [1.165, 1.54) is 22.3 Å². The molecule has 2 aromatic rings. The van der Waals surface area contributed by atoms with Crippen LogP contribution in [0.15, 0.2) is 36.4 Å². The number of fused-ring (bicyclic) bond motifs is 2. The van der Waals surface area contributed by atoms with Crippen LogP contribution in [0.3, 0.4) is 0 Å². The van der Waals surface area contributed by atoms with Crippen LogP contribution in [-0.2, 0) is 12.8 Å². The van der Waals surface area contributed by atoms with E-state index in [1.54, 1.807) is 0 Å². The molecule has 0 saturated carbocycles. The number of aryl methyl sites for hydroxylation is 1. The van der Waals surface area contributed by atoms with Crippen LogP contribution in [0.25, 0.3) is 0 Å². The smallest absolute Gasteiger partial charge is 0.537 e. The Kier molecular flexibility index (Phi) is 2.84. The van der Waals surface area contributed by atoms with Gasteiger partial charge in [0.15, 0.2) is 0 Å². The second-order valence-corrected chi connectivity index (χ2v) is 4.73. The van der Waals surface area contributed by atoms with Gasteiger partial charge in [0, 0.05) is 0 Å². The molecule has 3 heteroatoms. The maximum atomic E-state index is 8.76.